The molecule has 0 radical (unpaired) electrons. The number of Topliss-reactive ketones (excluding diaryl/α,β-unsaturated/α-hetero) is 1. The molecule has 1 aliphatic heterocycles. The van der Waals surface area contributed by atoms with E-state index in [-0.39, 0.29) is 29.8 Å². The third-order valence-electron chi connectivity index (χ3n) is 7.00. The van der Waals surface area contributed by atoms with E-state index in [0.717, 1.165) is 55.8 Å². The molecule has 1 saturated heterocycles. The highest BCUT2D eigenvalue weighted by Gasteiger charge is 2.31. The van der Waals surface area contributed by atoms with Gasteiger partial charge in [-0.15, -0.1) is 0 Å². The number of hydrogen-bond donors (Lipinski definition) is 1. The monoisotopic (exact) mass is 553 g/mol. The van der Waals surface area contributed by atoms with Gasteiger partial charge in [0.25, 0.3) is 0 Å². The van der Waals surface area contributed by atoms with Gasteiger partial charge in [-0.3, -0.25) is 14.5 Å². The Morgan fingerprint density at radius 3 is 2.23 bits per heavy atom. The predicted molar refractivity (Wildman–Crippen MR) is 150 cm³/mol. The van der Waals surface area contributed by atoms with Crippen LogP contribution in [0.15, 0.2) is 48.5 Å². The summed E-state index contributed by atoms with van der Waals surface area (Å²) in [5.74, 6) is 0.664. The van der Waals surface area contributed by atoms with Crippen molar-refractivity contribution in [3.8, 4) is 5.75 Å². The van der Waals surface area contributed by atoms with Crippen LogP contribution in [0.1, 0.15) is 56.0 Å². The van der Waals surface area contributed by atoms with E-state index in [1.165, 1.54) is 12.1 Å². The summed E-state index contributed by atoms with van der Waals surface area (Å²) < 4.78 is 24.6. The summed E-state index contributed by atoms with van der Waals surface area (Å²) in [5.41, 5.74) is 0.809. The number of carbonyl (C=O) groups excluding carboxylic acids is 3. The number of amides is 2. The first-order valence-electron chi connectivity index (χ1n) is 14.1. The zero-order valence-electron chi connectivity index (χ0n) is 23.7. The number of alkyl carbamates (subject to hydrolysis) is 1. The summed E-state index contributed by atoms with van der Waals surface area (Å²) in [6.45, 7) is 9.24. The molecular weight excluding hydrogens is 513 g/mol. The van der Waals surface area contributed by atoms with Gasteiger partial charge in [-0.25, -0.2) is 9.18 Å². The van der Waals surface area contributed by atoms with E-state index in [2.05, 4.69) is 10.2 Å². The van der Waals surface area contributed by atoms with Crippen LogP contribution in [0.25, 0.3) is 0 Å². The van der Waals surface area contributed by atoms with Crippen LogP contribution < -0.4 is 10.1 Å². The molecular formula is C31H40FN3O5. The lowest BCUT2D eigenvalue weighted by Gasteiger charge is -2.36. The Morgan fingerprint density at radius 1 is 0.975 bits per heavy atom. The molecule has 4 rings (SSSR count). The van der Waals surface area contributed by atoms with E-state index in [1.807, 2.05) is 24.3 Å². The van der Waals surface area contributed by atoms with E-state index in [9.17, 15) is 18.8 Å². The van der Waals surface area contributed by atoms with Crippen LogP contribution in [0.2, 0.25) is 0 Å². The third-order valence-corrected chi connectivity index (χ3v) is 7.00. The Morgan fingerprint density at radius 2 is 1.62 bits per heavy atom. The van der Waals surface area contributed by atoms with Gasteiger partial charge in [0.05, 0.1) is 6.61 Å². The first-order valence-corrected chi connectivity index (χ1v) is 14.1. The Balaban J connectivity index is 1.22. The summed E-state index contributed by atoms with van der Waals surface area (Å²) in [7, 11) is 0. The number of halogens is 1. The average Bonchev–Trinajstić information content (AvgIpc) is 3.77. The molecule has 0 aromatic heterocycles. The molecule has 2 fully saturated rings. The SMILES string of the molecule is CC(C)(C)OC(=O)N[C@H](Cc1ccc(F)cc1)C(=O)N1CCN(CCCOc2ccc(C(=O)C3CC3)cc2)CC1. The van der Waals surface area contributed by atoms with Gasteiger partial charge < -0.3 is 19.7 Å². The number of rotatable bonds is 11. The van der Waals surface area contributed by atoms with E-state index in [0.29, 0.717) is 19.7 Å². The van der Waals surface area contributed by atoms with Crippen LogP contribution in [0.4, 0.5) is 9.18 Å². The van der Waals surface area contributed by atoms with Gasteiger partial charge in [0.2, 0.25) is 5.91 Å². The van der Waals surface area contributed by atoms with Gasteiger partial charge in [0.1, 0.15) is 23.2 Å². The largest absolute Gasteiger partial charge is 0.494 e. The molecule has 1 aliphatic carbocycles. The van der Waals surface area contributed by atoms with Gasteiger partial charge in [-0.05, 0) is 82.0 Å². The van der Waals surface area contributed by atoms with Gasteiger partial charge in [0, 0.05) is 50.6 Å². The molecule has 1 heterocycles. The molecule has 8 nitrogen and oxygen atoms in total. The Labute approximate surface area is 235 Å². The van der Waals surface area contributed by atoms with Crippen molar-refractivity contribution < 1.29 is 28.2 Å². The number of ether oxygens (including phenoxy) is 2. The molecule has 2 aliphatic rings. The first-order chi connectivity index (χ1) is 19.1. The molecule has 2 aromatic rings. The quantitative estimate of drug-likeness (QED) is 0.326. The van der Waals surface area contributed by atoms with Crippen LogP contribution in [0, 0.1) is 11.7 Å². The van der Waals surface area contributed by atoms with Crippen LogP contribution in [0.5, 0.6) is 5.75 Å². The van der Waals surface area contributed by atoms with E-state index in [4.69, 9.17) is 9.47 Å². The predicted octanol–water partition coefficient (Wildman–Crippen LogP) is 4.47. The minimum Gasteiger partial charge on any atom is -0.494 e. The topological polar surface area (TPSA) is 88.2 Å². The van der Waals surface area contributed by atoms with Crippen LogP contribution in [0.3, 0.4) is 0 Å². The second-order valence-corrected chi connectivity index (χ2v) is 11.6. The highest BCUT2D eigenvalue weighted by atomic mass is 19.1. The number of hydrogen-bond acceptors (Lipinski definition) is 6. The van der Waals surface area contributed by atoms with Crippen molar-refractivity contribution in [2.24, 2.45) is 5.92 Å². The van der Waals surface area contributed by atoms with Crippen LogP contribution >= 0.6 is 0 Å². The maximum atomic E-state index is 13.4. The minimum atomic E-state index is -0.814. The van der Waals surface area contributed by atoms with Crippen LogP contribution in [-0.4, -0.2) is 78.6 Å². The van der Waals surface area contributed by atoms with E-state index < -0.39 is 17.7 Å². The Kier molecular flexibility index (Phi) is 9.79. The number of nitrogens with one attached hydrogen (secondary N) is 1. The molecule has 9 heteroatoms. The van der Waals surface area contributed by atoms with Crippen molar-refractivity contribution in [1.82, 2.24) is 15.1 Å². The second-order valence-electron chi connectivity index (χ2n) is 11.6. The van der Waals surface area contributed by atoms with Crippen molar-refractivity contribution in [3.05, 3.63) is 65.5 Å². The van der Waals surface area contributed by atoms with Crippen molar-refractivity contribution in [2.45, 2.75) is 58.1 Å². The lowest BCUT2D eigenvalue weighted by molar-refractivity contribution is -0.135. The smallest absolute Gasteiger partial charge is 0.408 e. The third kappa shape index (κ3) is 9.05. The van der Waals surface area contributed by atoms with Gasteiger partial charge >= 0.3 is 6.09 Å². The summed E-state index contributed by atoms with van der Waals surface area (Å²) in [6.07, 6.45) is 2.42. The normalized spacial score (nSPS) is 16.8. The molecule has 216 valence electrons. The zero-order valence-corrected chi connectivity index (χ0v) is 23.7. The molecule has 2 amide bonds. The number of ketones is 1. The fourth-order valence-corrected chi connectivity index (χ4v) is 4.69. The van der Waals surface area contributed by atoms with Crippen molar-refractivity contribution in [1.29, 1.82) is 0 Å². The average molecular weight is 554 g/mol. The molecule has 1 atom stereocenters. The molecule has 0 unspecified atom stereocenters. The number of piperazine rings is 1. The maximum absolute atomic E-state index is 13.4. The number of carbonyl (C=O) groups is 3. The van der Waals surface area contributed by atoms with E-state index >= 15 is 0 Å². The molecule has 2 aromatic carbocycles. The molecule has 0 spiro atoms. The molecule has 0 bridgehead atoms. The minimum absolute atomic E-state index is 0.179. The lowest BCUT2D eigenvalue weighted by Crippen LogP contribution is -2.56. The molecule has 40 heavy (non-hydrogen) atoms. The number of benzene rings is 2. The van der Waals surface area contributed by atoms with Gasteiger partial charge in [-0.1, -0.05) is 12.1 Å². The highest BCUT2D eigenvalue weighted by molar-refractivity contribution is 5.99. The van der Waals surface area contributed by atoms with Crippen molar-refractivity contribution >= 4 is 17.8 Å². The Hall–Kier alpha value is -3.46. The molecule has 1 saturated carbocycles. The Bertz CT molecular complexity index is 1150. The maximum Gasteiger partial charge on any atom is 0.408 e. The fraction of sp³-hybridized carbons (Fsp3) is 0.516. The van der Waals surface area contributed by atoms with E-state index in [1.54, 1.807) is 37.8 Å². The summed E-state index contributed by atoms with van der Waals surface area (Å²) in [4.78, 5) is 42.1. The van der Waals surface area contributed by atoms with Gasteiger partial charge in [0.15, 0.2) is 5.78 Å². The summed E-state index contributed by atoms with van der Waals surface area (Å²) in [6, 6.07) is 12.5. The second kappa shape index (κ2) is 13.3. The molecule has 1 N–H and O–H groups in total. The lowest BCUT2D eigenvalue weighted by atomic mass is 10.0. The zero-order chi connectivity index (χ0) is 28.7. The van der Waals surface area contributed by atoms with Gasteiger partial charge in [-0.2, -0.15) is 0 Å². The number of nitrogens with zero attached hydrogens (tertiary/aromatic N) is 2. The summed E-state index contributed by atoms with van der Waals surface area (Å²) in [5, 5.41) is 2.73. The van der Waals surface area contributed by atoms with Crippen LogP contribution in [-0.2, 0) is 16.0 Å². The van der Waals surface area contributed by atoms with Crippen molar-refractivity contribution in [2.75, 3.05) is 39.3 Å². The first kappa shape index (κ1) is 29.5. The van der Waals surface area contributed by atoms with Crippen molar-refractivity contribution in [3.63, 3.8) is 0 Å². The highest BCUT2D eigenvalue weighted by Crippen LogP contribution is 2.32. The fourth-order valence-electron chi connectivity index (χ4n) is 4.69. The summed E-state index contributed by atoms with van der Waals surface area (Å²) >= 11 is 0. The standard InChI is InChI=1S/C31H40FN3O5/c1-31(2,3)40-30(38)33-27(21-22-5-11-25(32)12-6-22)29(37)35-18-16-34(17-19-35)15-4-20-39-26-13-9-24(10-14-26)28(36)23-7-8-23/h5-6,9-14,23,27H,4,7-8,15-21H2,1-3H3,(H,33,38)/t27-/m1/s1.